The van der Waals surface area contributed by atoms with Crippen molar-refractivity contribution in [2.75, 3.05) is 0 Å². The van der Waals surface area contributed by atoms with Gasteiger partial charge in [0.1, 0.15) is 23.0 Å². The highest BCUT2D eigenvalue weighted by atomic mass is 16.5. The van der Waals surface area contributed by atoms with Gasteiger partial charge in [0.2, 0.25) is 0 Å². The van der Waals surface area contributed by atoms with Crippen molar-refractivity contribution in [2.24, 2.45) is 0 Å². The van der Waals surface area contributed by atoms with Crippen molar-refractivity contribution in [3.05, 3.63) is 165 Å². The van der Waals surface area contributed by atoms with Gasteiger partial charge in [-0.3, -0.25) is 14.4 Å². The van der Waals surface area contributed by atoms with Crippen molar-refractivity contribution < 1.29 is 23.9 Å². The molecule has 3 aliphatic rings. The number of hydrogen-bond donors (Lipinski definition) is 0. The van der Waals surface area contributed by atoms with Gasteiger partial charge in [-0.2, -0.15) is 0 Å². The molecule has 46 heavy (non-hydrogen) atoms. The zero-order chi connectivity index (χ0) is 32.2. The summed E-state index contributed by atoms with van der Waals surface area (Å²) in [6, 6.07) is 24.9. The van der Waals surface area contributed by atoms with Gasteiger partial charge in [0.25, 0.3) is 0 Å². The van der Waals surface area contributed by atoms with E-state index in [-0.39, 0.29) is 23.3 Å². The summed E-state index contributed by atoms with van der Waals surface area (Å²) < 4.78 is 12.2. The lowest BCUT2D eigenvalue weighted by Gasteiger charge is -2.20. The van der Waals surface area contributed by atoms with Gasteiger partial charge in [-0.25, -0.2) is 0 Å². The first kappa shape index (κ1) is 30.7. The molecule has 3 aromatic carbocycles. The number of carbonyl (C=O) groups excluding carboxylic acids is 3. The molecule has 230 valence electrons. The van der Waals surface area contributed by atoms with Crippen LogP contribution in [0.25, 0.3) is 0 Å². The molecule has 0 saturated carbocycles. The monoisotopic (exact) mass is 608 g/mol. The highest BCUT2D eigenvalue weighted by Gasteiger charge is 2.20. The Hall–Kier alpha value is -5.29. The van der Waals surface area contributed by atoms with Crippen LogP contribution in [-0.2, 0) is 20.8 Å². The highest BCUT2D eigenvalue weighted by molar-refractivity contribution is 5.95. The van der Waals surface area contributed by atoms with Gasteiger partial charge in [-0.05, 0) is 97.9 Å². The van der Waals surface area contributed by atoms with Gasteiger partial charge in [0.05, 0.1) is 0 Å². The topological polar surface area (TPSA) is 69.7 Å². The molecule has 0 heterocycles. The number of ether oxygens (including phenoxy) is 2. The molecule has 0 N–H and O–H groups in total. The minimum atomic E-state index is -0.0396. The Bertz CT molecular complexity index is 1650. The zero-order valence-corrected chi connectivity index (χ0v) is 26.3. The quantitative estimate of drug-likeness (QED) is 0.193. The summed E-state index contributed by atoms with van der Waals surface area (Å²) >= 11 is 0. The lowest BCUT2D eigenvalue weighted by Crippen LogP contribution is -2.05. The van der Waals surface area contributed by atoms with Crippen LogP contribution < -0.4 is 9.47 Å². The Labute approximate surface area is 269 Å². The molecule has 0 aliphatic heterocycles. The summed E-state index contributed by atoms with van der Waals surface area (Å²) in [7, 11) is 0. The third-order valence-corrected chi connectivity index (χ3v) is 8.63. The lowest BCUT2D eigenvalue weighted by molar-refractivity contribution is -0.114. The van der Waals surface area contributed by atoms with E-state index in [0.29, 0.717) is 19.3 Å². The van der Waals surface area contributed by atoms with Crippen molar-refractivity contribution in [2.45, 2.75) is 52.4 Å². The van der Waals surface area contributed by atoms with Crippen LogP contribution in [0.1, 0.15) is 68.2 Å². The van der Waals surface area contributed by atoms with Crippen molar-refractivity contribution in [1.82, 2.24) is 0 Å². The van der Waals surface area contributed by atoms with E-state index in [2.05, 4.69) is 54.6 Å². The Morgan fingerprint density at radius 1 is 0.522 bits per heavy atom. The molecule has 5 heteroatoms. The van der Waals surface area contributed by atoms with Gasteiger partial charge in [-0.1, -0.05) is 78.4 Å². The Kier molecular flexibility index (Phi) is 8.93. The Balaban J connectivity index is 1.21. The predicted molar refractivity (Wildman–Crippen MR) is 180 cm³/mol. The van der Waals surface area contributed by atoms with Gasteiger partial charge in [0.15, 0.2) is 17.3 Å². The first-order valence-corrected chi connectivity index (χ1v) is 15.6. The second-order valence-corrected chi connectivity index (χ2v) is 12.1. The van der Waals surface area contributed by atoms with Crippen molar-refractivity contribution in [1.29, 1.82) is 0 Å². The summed E-state index contributed by atoms with van der Waals surface area (Å²) in [5, 5.41) is 0. The standard InChI is InChI=1S/C41H36O5/c1-26(42)34-9-6-30(23-34)22-29-4-7-31(8-5-29)41(32-10-16-37(17-11-32)45-39-20-14-35(24-39)27(2)43)33-12-18-38(19-13-33)46-40-21-15-36(25-40)28(3)44/h4-21,41H,22-25H2,1-3H3. The molecule has 5 nitrogen and oxygen atoms in total. The van der Waals surface area contributed by atoms with E-state index in [0.717, 1.165) is 62.8 Å². The number of benzene rings is 3. The molecule has 0 aromatic heterocycles. The van der Waals surface area contributed by atoms with Crippen molar-refractivity contribution >= 4 is 17.3 Å². The maximum atomic E-state index is 11.8. The zero-order valence-electron chi connectivity index (χ0n) is 26.3. The van der Waals surface area contributed by atoms with Crippen LogP contribution in [0, 0.1) is 0 Å². The maximum absolute atomic E-state index is 11.8. The minimum Gasteiger partial charge on any atom is -0.461 e. The minimum absolute atomic E-state index is 0.0396. The molecule has 0 fully saturated rings. The smallest absolute Gasteiger partial charge is 0.156 e. The summed E-state index contributed by atoms with van der Waals surface area (Å²) in [6.07, 6.45) is 13.9. The molecule has 3 aliphatic carbocycles. The fraction of sp³-hybridized carbons (Fsp3) is 0.195. The summed E-state index contributed by atoms with van der Waals surface area (Å²) in [4.78, 5) is 35.2. The number of rotatable bonds is 12. The lowest BCUT2D eigenvalue weighted by atomic mass is 9.84. The number of allylic oxidation sites excluding steroid dienone is 10. The van der Waals surface area contributed by atoms with Crippen LogP contribution >= 0.6 is 0 Å². The van der Waals surface area contributed by atoms with E-state index in [1.54, 1.807) is 20.8 Å². The van der Waals surface area contributed by atoms with Crippen LogP contribution in [0.2, 0.25) is 0 Å². The van der Waals surface area contributed by atoms with Crippen molar-refractivity contribution in [3.8, 4) is 11.5 Å². The molecule has 3 aromatic rings. The fourth-order valence-corrected chi connectivity index (χ4v) is 5.99. The van der Waals surface area contributed by atoms with E-state index in [1.807, 2.05) is 54.6 Å². The molecule has 0 unspecified atom stereocenters. The maximum Gasteiger partial charge on any atom is 0.156 e. The van der Waals surface area contributed by atoms with Crippen LogP contribution in [0.5, 0.6) is 11.5 Å². The van der Waals surface area contributed by atoms with E-state index in [1.165, 1.54) is 11.1 Å². The molecular weight excluding hydrogens is 572 g/mol. The van der Waals surface area contributed by atoms with Gasteiger partial charge in [0, 0.05) is 29.9 Å². The van der Waals surface area contributed by atoms with Crippen LogP contribution in [0.3, 0.4) is 0 Å². The van der Waals surface area contributed by atoms with Gasteiger partial charge >= 0.3 is 0 Å². The molecule has 0 saturated heterocycles. The number of ketones is 3. The average molecular weight is 609 g/mol. The average Bonchev–Trinajstić information content (AvgIpc) is 3.82. The molecule has 0 amide bonds. The molecule has 0 radical (unpaired) electrons. The number of carbonyl (C=O) groups is 3. The summed E-state index contributed by atoms with van der Waals surface area (Å²) in [5.74, 6) is 3.17. The van der Waals surface area contributed by atoms with Gasteiger partial charge < -0.3 is 9.47 Å². The van der Waals surface area contributed by atoms with Crippen LogP contribution in [0.4, 0.5) is 0 Å². The first-order chi connectivity index (χ1) is 22.2. The summed E-state index contributed by atoms with van der Waals surface area (Å²) in [6.45, 7) is 4.77. The van der Waals surface area contributed by atoms with E-state index >= 15 is 0 Å². The second kappa shape index (κ2) is 13.4. The molecule has 0 atom stereocenters. The van der Waals surface area contributed by atoms with Crippen LogP contribution in [-0.4, -0.2) is 17.3 Å². The molecular formula is C41H36O5. The normalized spacial score (nSPS) is 15.5. The summed E-state index contributed by atoms with van der Waals surface area (Å²) in [5.41, 5.74) is 8.18. The third kappa shape index (κ3) is 7.16. The van der Waals surface area contributed by atoms with Crippen LogP contribution in [0.15, 0.2) is 143 Å². The van der Waals surface area contributed by atoms with Gasteiger partial charge in [-0.15, -0.1) is 0 Å². The highest BCUT2D eigenvalue weighted by Crippen LogP contribution is 2.36. The number of Topliss-reactive ketones (excluding diaryl/α,β-unsaturated/α-hetero) is 3. The van der Waals surface area contributed by atoms with E-state index < -0.39 is 0 Å². The Morgan fingerprint density at radius 3 is 1.30 bits per heavy atom. The van der Waals surface area contributed by atoms with E-state index in [4.69, 9.17) is 9.47 Å². The predicted octanol–water partition coefficient (Wildman–Crippen LogP) is 8.62. The van der Waals surface area contributed by atoms with E-state index in [9.17, 15) is 14.4 Å². The third-order valence-electron chi connectivity index (χ3n) is 8.63. The SMILES string of the molecule is CC(=O)C1=CC=C(Cc2ccc(C(c3ccc(OC4=CC=C(C(C)=O)C4)cc3)c3ccc(OC4=CC=C(C(C)=O)C4)cc3)cc2)C1. The second-order valence-electron chi connectivity index (χ2n) is 12.1. The number of hydrogen-bond acceptors (Lipinski definition) is 5. The molecule has 0 bridgehead atoms. The largest absolute Gasteiger partial charge is 0.461 e. The fourth-order valence-electron chi connectivity index (χ4n) is 5.99. The molecule has 0 spiro atoms. The Morgan fingerprint density at radius 2 is 0.913 bits per heavy atom. The molecule has 6 rings (SSSR count). The first-order valence-electron chi connectivity index (χ1n) is 15.6. The van der Waals surface area contributed by atoms with Crippen molar-refractivity contribution in [3.63, 3.8) is 0 Å².